The summed E-state index contributed by atoms with van der Waals surface area (Å²) in [4.78, 5) is 2.54. The molecule has 18 heavy (non-hydrogen) atoms. The summed E-state index contributed by atoms with van der Waals surface area (Å²) in [5, 5.41) is 9.21. The highest BCUT2D eigenvalue weighted by atomic mass is 16.5. The van der Waals surface area contributed by atoms with Crippen LogP contribution < -0.4 is 9.64 Å². The lowest BCUT2D eigenvalue weighted by Crippen LogP contribution is -2.40. The molecular weight excluding hydrogens is 226 g/mol. The molecule has 0 aromatic heterocycles. The van der Waals surface area contributed by atoms with Crippen LogP contribution in [0.3, 0.4) is 0 Å². The van der Waals surface area contributed by atoms with Crippen LogP contribution in [0.15, 0.2) is 18.2 Å². The van der Waals surface area contributed by atoms with E-state index >= 15 is 0 Å². The average Bonchev–Trinajstić information content (AvgIpc) is 2.82. The Morgan fingerprint density at radius 2 is 2.22 bits per heavy atom. The van der Waals surface area contributed by atoms with Gasteiger partial charge in [-0.05, 0) is 44.2 Å². The number of ether oxygens (including phenoxy) is 1. The quantitative estimate of drug-likeness (QED) is 0.890. The molecule has 3 heteroatoms. The molecule has 1 aromatic rings. The number of benzene rings is 1. The van der Waals surface area contributed by atoms with E-state index in [2.05, 4.69) is 23.1 Å². The summed E-state index contributed by atoms with van der Waals surface area (Å²) in [6.45, 7) is 0.285. The van der Waals surface area contributed by atoms with Crippen molar-refractivity contribution in [3.63, 3.8) is 0 Å². The van der Waals surface area contributed by atoms with Gasteiger partial charge in [0.2, 0.25) is 0 Å². The van der Waals surface area contributed by atoms with Gasteiger partial charge in [0.25, 0.3) is 0 Å². The van der Waals surface area contributed by atoms with Crippen molar-refractivity contribution in [3.05, 3.63) is 23.8 Å². The fraction of sp³-hybridized carbons (Fsp3) is 0.600. The van der Waals surface area contributed by atoms with Crippen molar-refractivity contribution in [3.8, 4) is 5.75 Å². The molecule has 2 aliphatic heterocycles. The maximum absolute atomic E-state index is 9.21. The van der Waals surface area contributed by atoms with E-state index in [1.54, 1.807) is 7.11 Å². The fourth-order valence-electron chi connectivity index (χ4n) is 3.62. The SMILES string of the molecule is COc1cccc2c1CC[C@@H]1CC[C@H](CCO)N21. The maximum Gasteiger partial charge on any atom is 0.124 e. The van der Waals surface area contributed by atoms with Crippen molar-refractivity contribution in [1.29, 1.82) is 0 Å². The maximum atomic E-state index is 9.21. The van der Waals surface area contributed by atoms with E-state index < -0.39 is 0 Å². The number of hydrogen-bond acceptors (Lipinski definition) is 3. The van der Waals surface area contributed by atoms with Crippen LogP contribution in [0.25, 0.3) is 0 Å². The van der Waals surface area contributed by atoms with Crippen molar-refractivity contribution in [1.82, 2.24) is 0 Å². The Labute approximate surface area is 108 Å². The zero-order valence-electron chi connectivity index (χ0n) is 10.9. The van der Waals surface area contributed by atoms with Crippen molar-refractivity contribution in [2.24, 2.45) is 0 Å². The first-order valence-corrected chi connectivity index (χ1v) is 6.90. The van der Waals surface area contributed by atoms with Gasteiger partial charge < -0.3 is 14.7 Å². The summed E-state index contributed by atoms with van der Waals surface area (Å²) >= 11 is 0. The Morgan fingerprint density at radius 1 is 1.33 bits per heavy atom. The predicted molar refractivity (Wildman–Crippen MR) is 72.3 cm³/mol. The van der Waals surface area contributed by atoms with Crippen molar-refractivity contribution < 1.29 is 9.84 Å². The van der Waals surface area contributed by atoms with Crippen LogP contribution in [0, 0.1) is 0 Å². The Kier molecular flexibility index (Phi) is 3.16. The molecule has 0 spiro atoms. The normalized spacial score (nSPS) is 25.8. The lowest BCUT2D eigenvalue weighted by molar-refractivity contribution is 0.274. The molecular formula is C15H21NO2. The number of aliphatic hydroxyl groups is 1. The molecule has 0 saturated carbocycles. The van der Waals surface area contributed by atoms with E-state index in [9.17, 15) is 5.11 Å². The molecule has 3 nitrogen and oxygen atoms in total. The summed E-state index contributed by atoms with van der Waals surface area (Å²) < 4.78 is 5.48. The molecule has 2 atom stereocenters. The average molecular weight is 247 g/mol. The van der Waals surface area contributed by atoms with Gasteiger partial charge >= 0.3 is 0 Å². The van der Waals surface area contributed by atoms with E-state index in [4.69, 9.17) is 4.74 Å². The fourth-order valence-corrected chi connectivity index (χ4v) is 3.62. The number of anilines is 1. The zero-order chi connectivity index (χ0) is 12.5. The Bertz CT molecular complexity index is 433. The van der Waals surface area contributed by atoms with E-state index in [0.717, 1.165) is 18.6 Å². The van der Waals surface area contributed by atoms with Crippen LogP contribution in [0.5, 0.6) is 5.75 Å². The minimum Gasteiger partial charge on any atom is -0.496 e. The molecule has 0 unspecified atom stereocenters. The summed E-state index contributed by atoms with van der Waals surface area (Å²) in [5.74, 6) is 1.01. The highest BCUT2D eigenvalue weighted by Gasteiger charge is 2.37. The third-order valence-electron chi connectivity index (χ3n) is 4.42. The van der Waals surface area contributed by atoms with Gasteiger partial charge in [0.05, 0.1) is 7.11 Å². The minimum atomic E-state index is 0.285. The van der Waals surface area contributed by atoms with Crippen LogP contribution in [0.1, 0.15) is 31.2 Å². The van der Waals surface area contributed by atoms with E-state index in [1.807, 2.05) is 0 Å². The molecule has 1 N–H and O–H groups in total. The third-order valence-corrected chi connectivity index (χ3v) is 4.42. The smallest absolute Gasteiger partial charge is 0.124 e. The lowest BCUT2D eigenvalue weighted by Gasteiger charge is -2.38. The highest BCUT2D eigenvalue weighted by molar-refractivity contribution is 5.63. The number of nitrogens with zero attached hydrogens (tertiary/aromatic N) is 1. The molecule has 98 valence electrons. The predicted octanol–water partition coefficient (Wildman–Crippen LogP) is 2.36. The lowest BCUT2D eigenvalue weighted by atomic mass is 9.95. The van der Waals surface area contributed by atoms with Crippen LogP contribution >= 0.6 is 0 Å². The molecule has 1 fully saturated rings. The highest BCUT2D eigenvalue weighted by Crippen LogP contribution is 2.43. The van der Waals surface area contributed by atoms with Crippen molar-refractivity contribution in [2.45, 2.75) is 44.2 Å². The van der Waals surface area contributed by atoms with Gasteiger partial charge in [0.1, 0.15) is 5.75 Å². The third kappa shape index (κ3) is 1.77. The topological polar surface area (TPSA) is 32.7 Å². The molecule has 2 heterocycles. The number of hydrogen-bond donors (Lipinski definition) is 1. The Hall–Kier alpha value is -1.22. The molecule has 3 rings (SSSR count). The summed E-state index contributed by atoms with van der Waals surface area (Å²) in [5.41, 5.74) is 2.68. The first-order valence-electron chi connectivity index (χ1n) is 6.90. The van der Waals surface area contributed by atoms with E-state index in [0.29, 0.717) is 12.1 Å². The summed E-state index contributed by atoms with van der Waals surface area (Å²) in [7, 11) is 1.75. The second-order valence-corrected chi connectivity index (χ2v) is 5.30. The second-order valence-electron chi connectivity index (χ2n) is 5.30. The van der Waals surface area contributed by atoms with Gasteiger partial charge in [-0.25, -0.2) is 0 Å². The number of fused-ring (bicyclic) bond motifs is 3. The molecule has 0 aliphatic carbocycles. The molecule has 2 aliphatic rings. The van der Waals surface area contributed by atoms with Crippen LogP contribution in [-0.2, 0) is 6.42 Å². The molecule has 1 saturated heterocycles. The van der Waals surface area contributed by atoms with Crippen LogP contribution in [-0.4, -0.2) is 30.9 Å². The second kappa shape index (κ2) is 4.81. The number of methoxy groups -OCH3 is 1. The van der Waals surface area contributed by atoms with Gasteiger partial charge in [-0.2, -0.15) is 0 Å². The summed E-state index contributed by atoms with van der Waals surface area (Å²) in [6, 6.07) is 7.51. The standard InChI is InChI=1S/C15H21NO2/c1-18-15-4-2-3-14-13(15)8-7-11-5-6-12(9-10-17)16(11)14/h2-4,11-12,17H,5-10H2,1H3/t11-,12+/m0/s1. The van der Waals surface area contributed by atoms with Gasteiger partial charge in [-0.3, -0.25) is 0 Å². The van der Waals surface area contributed by atoms with E-state index in [-0.39, 0.29) is 6.61 Å². The van der Waals surface area contributed by atoms with Crippen molar-refractivity contribution in [2.75, 3.05) is 18.6 Å². The molecule has 0 radical (unpaired) electrons. The number of aliphatic hydroxyl groups excluding tert-OH is 1. The molecule has 0 bridgehead atoms. The minimum absolute atomic E-state index is 0.285. The van der Waals surface area contributed by atoms with E-state index in [1.165, 1.54) is 30.5 Å². The van der Waals surface area contributed by atoms with Gasteiger partial charge in [-0.1, -0.05) is 6.07 Å². The molecule has 0 amide bonds. The largest absolute Gasteiger partial charge is 0.496 e. The first kappa shape index (κ1) is 11.8. The van der Waals surface area contributed by atoms with Gasteiger partial charge in [0.15, 0.2) is 0 Å². The molecule has 1 aromatic carbocycles. The Balaban J connectivity index is 1.98. The monoisotopic (exact) mass is 247 g/mol. The summed E-state index contributed by atoms with van der Waals surface area (Å²) in [6.07, 6.45) is 5.69. The van der Waals surface area contributed by atoms with Crippen molar-refractivity contribution >= 4 is 5.69 Å². The first-order chi connectivity index (χ1) is 8.85. The van der Waals surface area contributed by atoms with Crippen LogP contribution in [0.2, 0.25) is 0 Å². The van der Waals surface area contributed by atoms with Gasteiger partial charge in [0, 0.05) is 29.9 Å². The number of rotatable bonds is 3. The van der Waals surface area contributed by atoms with Crippen LogP contribution in [0.4, 0.5) is 5.69 Å². The van der Waals surface area contributed by atoms with Gasteiger partial charge in [-0.15, -0.1) is 0 Å². The zero-order valence-corrected chi connectivity index (χ0v) is 10.9. The Morgan fingerprint density at radius 3 is 3.00 bits per heavy atom.